The Morgan fingerprint density at radius 2 is 1.68 bits per heavy atom. The minimum Gasteiger partial charge on any atom is -0.358 e. The molecule has 0 bridgehead atoms. The molecule has 2 aliphatic rings. The fourth-order valence-electron chi connectivity index (χ4n) is 3.47. The molecule has 0 aromatic heterocycles. The second-order valence-corrected chi connectivity index (χ2v) is 8.48. The van der Waals surface area contributed by atoms with Crippen LogP contribution in [0.4, 0.5) is 0 Å². The van der Waals surface area contributed by atoms with Gasteiger partial charge in [0.2, 0.25) is 15.9 Å². The third kappa shape index (κ3) is 4.20. The number of sulfonamides is 1. The van der Waals surface area contributed by atoms with Crippen LogP contribution in [0.2, 0.25) is 0 Å². The molecule has 1 saturated heterocycles. The highest BCUT2D eigenvalue weighted by Gasteiger charge is 2.40. The molecule has 7 heteroatoms. The summed E-state index contributed by atoms with van der Waals surface area (Å²) in [5.74, 6) is -0.223. The van der Waals surface area contributed by atoms with Gasteiger partial charge in [-0.25, -0.2) is 8.42 Å². The lowest BCUT2D eigenvalue weighted by molar-refractivity contribution is -0.124. The van der Waals surface area contributed by atoms with Gasteiger partial charge in [-0.3, -0.25) is 4.79 Å². The molecule has 6 nitrogen and oxygen atoms in total. The van der Waals surface area contributed by atoms with Crippen LogP contribution in [0.1, 0.15) is 51.4 Å². The predicted octanol–water partition coefficient (Wildman–Crippen LogP) is 0.839. The van der Waals surface area contributed by atoms with Crippen molar-refractivity contribution in [2.75, 3.05) is 26.7 Å². The van der Waals surface area contributed by atoms with Crippen molar-refractivity contribution in [1.29, 1.82) is 0 Å². The third-order valence-electron chi connectivity index (χ3n) is 4.79. The maximum atomic E-state index is 13.1. The summed E-state index contributed by atoms with van der Waals surface area (Å²) < 4.78 is 27.6. The van der Waals surface area contributed by atoms with E-state index < -0.39 is 16.1 Å². The quantitative estimate of drug-likeness (QED) is 0.803. The van der Waals surface area contributed by atoms with Crippen molar-refractivity contribution in [2.24, 2.45) is 0 Å². The molecule has 0 aromatic carbocycles. The number of hydrogen-bond acceptors (Lipinski definition) is 4. The summed E-state index contributed by atoms with van der Waals surface area (Å²) in [4.78, 5) is 12.0. The van der Waals surface area contributed by atoms with E-state index in [0.29, 0.717) is 19.6 Å². The van der Waals surface area contributed by atoms with E-state index in [-0.39, 0.29) is 11.2 Å². The van der Waals surface area contributed by atoms with Crippen molar-refractivity contribution in [3.8, 4) is 0 Å². The van der Waals surface area contributed by atoms with Crippen LogP contribution < -0.4 is 10.6 Å². The smallest absolute Gasteiger partial charge is 0.239 e. The van der Waals surface area contributed by atoms with Gasteiger partial charge in [0.25, 0.3) is 0 Å². The third-order valence-corrected chi connectivity index (χ3v) is 7.20. The SMILES string of the molecule is CNC(=O)C1CNCCN1S(=O)(=O)C1CCCCCCCC1. The van der Waals surface area contributed by atoms with Crippen LogP contribution in [0, 0.1) is 0 Å². The molecule has 1 heterocycles. The first kappa shape index (κ1) is 17.7. The zero-order valence-corrected chi connectivity index (χ0v) is 14.3. The van der Waals surface area contributed by atoms with E-state index in [4.69, 9.17) is 0 Å². The topological polar surface area (TPSA) is 78.5 Å². The van der Waals surface area contributed by atoms with Gasteiger partial charge in [0.15, 0.2) is 0 Å². The van der Waals surface area contributed by atoms with Gasteiger partial charge in [0.05, 0.1) is 5.25 Å². The number of carbonyl (C=O) groups excluding carboxylic acids is 1. The van der Waals surface area contributed by atoms with E-state index >= 15 is 0 Å². The molecule has 1 amide bonds. The largest absolute Gasteiger partial charge is 0.358 e. The van der Waals surface area contributed by atoms with Crippen LogP contribution in [0.15, 0.2) is 0 Å². The first-order valence-corrected chi connectivity index (χ1v) is 10.0. The highest BCUT2D eigenvalue weighted by atomic mass is 32.2. The van der Waals surface area contributed by atoms with Gasteiger partial charge in [-0.2, -0.15) is 4.31 Å². The molecule has 0 aromatic rings. The van der Waals surface area contributed by atoms with E-state index in [2.05, 4.69) is 10.6 Å². The number of nitrogens with one attached hydrogen (secondary N) is 2. The van der Waals surface area contributed by atoms with Crippen molar-refractivity contribution >= 4 is 15.9 Å². The van der Waals surface area contributed by atoms with Crippen molar-refractivity contribution in [3.05, 3.63) is 0 Å². The molecule has 1 atom stereocenters. The minimum absolute atomic E-state index is 0.223. The first-order valence-electron chi connectivity index (χ1n) is 8.50. The fourth-order valence-corrected chi connectivity index (χ4v) is 5.65. The highest BCUT2D eigenvalue weighted by molar-refractivity contribution is 7.89. The molecular weight excluding hydrogens is 302 g/mol. The Kier molecular flexibility index (Phi) is 6.65. The molecular formula is C15H29N3O3S. The second kappa shape index (κ2) is 8.26. The van der Waals surface area contributed by atoms with E-state index in [1.807, 2.05) is 0 Å². The van der Waals surface area contributed by atoms with E-state index in [1.54, 1.807) is 7.05 Å². The fraction of sp³-hybridized carbons (Fsp3) is 0.933. The summed E-state index contributed by atoms with van der Waals surface area (Å²) in [6.45, 7) is 1.39. The van der Waals surface area contributed by atoms with Crippen LogP contribution in [0.5, 0.6) is 0 Å². The number of piperazine rings is 1. The van der Waals surface area contributed by atoms with Crippen LogP contribution in [-0.2, 0) is 14.8 Å². The average molecular weight is 331 g/mol. The molecule has 1 unspecified atom stereocenters. The number of rotatable bonds is 3. The Balaban J connectivity index is 2.15. The molecule has 22 heavy (non-hydrogen) atoms. The average Bonchev–Trinajstić information content (AvgIpc) is 2.68. The van der Waals surface area contributed by atoms with Gasteiger partial charge in [-0.05, 0) is 12.8 Å². The summed E-state index contributed by atoms with van der Waals surface area (Å²) in [6, 6.07) is -0.614. The minimum atomic E-state index is -3.41. The van der Waals surface area contributed by atoms with Crippen LogP contribution in [0.25, 0.3) is 0 Å². The number of amides is 1. The van der Waals surface area contributed by atoms with E-state index in [1.165, 1.54) is 17.1 Å². The molecule has 128 valence electrons. The monoisotopic (exact) mass is 331 g/mol. The maximum absolute atomic E-state index is 13.1. The molecule has 1 aliphatic carbocycles. The summed E-state index contributed by atoms with van der Waals surface area (Å²) in [7, 11) is -1.86. The molecule has 2 fully saturated rings. The van der Waals surface area contributed by atoms with Gasteiger partial charge in [0, 0.05) is 26.7 Å². The van der Waals surface area contributed by atoms with Crippen molar-refractivity contribution in [3.63, 3.8) is 0 Å². The number of likely N-dealkylation sites (N-methyl/N-ethyl adjacent to an activating group) is 1. The molecule has 0 radical (unpaired) electrons. The molecule has 0 spiro atoms. The highest BCUT2D eigenvalue weighted by Crippen LogP contribution is 2.26. The molecule has 2 N–H and O–H groups in total. The summed E-state index contributed by atoms with van der Waals surface area (Å²) in [5.41, 5.74) is 0. The molecule has 1 saturated carbocycles. The lowest BCUT2D eigenvalue weighted by Gasteiger charge is -2.36. The lowest BCUT2D eigenvalue weighted by Crippen LogP contribution is -2.60. The number of carbonyl (C=O) groups is 1. The second-order valence-electron chi connectivity index (χ2n) is 6.31. The Bertz CT molecular complexity index is 457. The predicted molar refractivity (Wildman–Crippen MR) is 87.1 cm³/mol. The zero-order valence-electron chi connectivity index (χ0n) is 13.5. The van der Waals surface area contributed by atoms with Crippen molar-refractivity contribution in [2.45, 2.75) is 62.7 Å². The van der Waals surface area contributed by atoms with Crippen LogP contribution >= 0.6 is 0 Å². The van der Waals surface area contributed by atoms with Gasteiger partial charge < -0.3 is 10.6 Å². The van der Waals surface area contributed by atoms with Gasteiger partial charge in [-0.15, -0.1) is 0 Å². The van der Waals surface area contributed by atoms with E-state index in [9.17, 15) is 13.2 Å². The summed E-state index contributed by atoms with van der Waals surface area (Å²) in [5, 5.41) is 5.38. The number of hydrogen-bond donors (Lipinski definition) is 2. The molecule has 2 rings (SSSR count). The lowest BCUT2D eigenvalue weighted by atomic mass is 10.1. The van der Waals surface area contributed by atoms with E-state index in [0.717, 1.165) is 38.5 Å². The Hall–Kier alpha value is -0.660. The first-order chi connectivity index (χ1) is 10.6. The Morgan fingerprint density at radius 3 is 2.27 bits per heavy atom. The van der Waals surface area contributed by atoms with Crippen molar-refractivity contribution < 1.29 is 13.2 Å². The van der Waals surface area contributed by atoms with Crippen LogP contribution in [-0.4, -0.2) is 56.6 Å². The zero-order chi connectivity index (χ0) is 16.0. The maximum Gasteiger partial charge on any atom is 0.239 e. The molecule has 1 aliphatic heterocycles. The number of nitrogens with zero attached hydrogens (tertiary/aromatic N) is 1. The van der Waals surface area contributed by atoms with Gasteiger partial charge >= 0.3 is 0 Å². The summed E-state index contributed by atoms with van der Waals surface area (Å²) in [6.07, 6.45) is 8.06. The van der Waals surface area contributed by atoms with Crippen LogP contribution in [0.3, 0.4) is 0 Å². The summed E-state index contributed by atoms with van der Waals surface area (Å²) >= 11 is 0. The Morgan fingerprint density at radius 1 is 1.09 bits per heavy atom. The standard InChI is InChI=1S/C15H29N3O3S/c1-16-15(19)14-12-17-10-11-18(14)22(20,21)13-8-6-4-2-3-5-7-9-13/h13-14,17H,2-12H2,1H3,(H,16,19). The normalized spacial score (nSPS) is 26.7. The van der Waals surface area contributed by atoms with Gasteiger partial charge in [0.1, 0.15) is 6.04 Å². The van der Waals surface area contributed by atoms with Gasteiger partial charge in [-0.1, -0.05) is 38.5 Å². The Labute approximate surface area is 134 Å². The van der Waals surface area contributed by atoms with Crippen molar-refractivity contribution in [1.82, 2.24) is 14.9 Å².